The van der Waals surface area contributed by atoms with Gasteiger partial charge in [-0.3, -0.25) is 9.59 Å². The molecule has 5 nitrogen and oxygen atoms in total. The summed E-state index contributed by atoms with van der Waals surface area (Å²) in [5, 5.41) is 5.36. The highest BCUT2D eigenvalue weighted by atomic mass is 32.2. The largest absolute Gasteiger partial charge is 0.494 e. The van der Waals surface area contributed by atoms with E-state index in [1.54, 1.807) is 17.8 Å². The van der Waals surface area contributed by atoms with Gasteiger partial charge in [-0.05, 0) is 51.3 Å². The van der Waals surface area contributed by atoms with Crippen LogP contribution in [0.4, 0.5) is 5.69 Å². The topological polar surface area (TPSA) is 67.4 Å². The highest BCUT2D eigenvalue weighted by molar-refractivity contribution is 7.98. The number of carbonyl (C=O) groups excluding carboxylic acids is 2. The second-order valence-corrected chi connectivity index (χ2v) is 6.74. The molecule has 0 radical (unpaired) electrons. The normalized spacial score (nSPS) is 11.5. The molecule has 2 aromatic rings. The van der Waals surface area contributed by atoms with Gasteiger partial charge in [0.25, 0.3) is 0 Å². The van der Waals surface area contributed by atoms with E-state index in [0.29, 0.717) is 18.0 Å². The zero-order chi connectivity index (χ0) is 19.1. The number of rotatable bonds is 6. The van der Waals surface area contributed by atoms with Crippen LogP contribution in [0.25, 0.3) is 0 Å². The molecule has 0 aliphatic carbocycles. The molecule has 2 aromatic carbocycles. The van der Waals surface area contributed by atoms with Crippen molar-refractivity contribution in [3.8, 4) is 5.75 Å². The summed E-state index contributed by atoms with van der Waals surface area (Å²) in [6.45, 7) is 6.24. The fourth-order valence-corrected chi connectivity index (χ4v) is 2.98. The van der Waals surface area contributed by atoms with E-state index in [-0.39, 0.29) is 6.04 Å². The molecule has 2 amide bonds. The molecule has 138 valence electrons. The van der Waals surface area contributed by atoms with Crippen molar-refractivity contribution < 1.29 is 14.3 Å². The van der Waals surface area contributed by atoms with E-state index in [9.17, 15) is 9.59 Å². The molecule has 26 heavy (non-hydrogen) atoms. The average molecular weight is 372 g/mol. The summed E-state index contributed by atoms with van der Waals surface area (Å²) in [5.41, 5.74) is 2.50. The fraction of sp³-hybridized carbons (Fsp3) is 0.300. The molecule has 0 bridgehead atoms. The van der Waals surface area contributed by atoms with Gasteiger partial charge in [-0.25, -0.2) is 0 Å². The Bertz CT molecular complexity index is 792. The van der Waals surface area contributed by atoms with Crippen LogP contribution in [-0.2, 0) is 9.59 Å². The standard InChI is InChI=1S/C20H24N2O3S/c1-5-25-18-10-9-13(2)11-17(18)14(3)21-19(23)20(24)22-15-7-6-8-16(12-15)26-4/h6-12,14H,5H2,1-4H3,(H,21,23)(H,22,24). The van der Waals surface area contributed by atoms with Crippen LogP contribution in [0, 0.1) is 6.92 Å². The van der Waals surface area contributed by atoms with Crippen LogP contribution in [-0.4, -0.2) is 24.7 Å². The van der Waals surface area contributed by atoms with Gasteiger partial charge in [0.1, 0.15) is 5.75 Å². The second-order valence-electron chi connectivity index (χ2n) is 5.86. The molecule has 0 saturated carbocycles. The van der Waals surface area contributed by atoms with E-state index in [4.69, 9.17) is 4.74 Å². The predicted octanol–water partition coefficient (Wildman–Crippen LogP) is 3.93. The minimum Gasteiger partial charge on any atom is -0.494 e. The highest BCUT2D eigenvalue weighted by Crippen LogP contribution is 2.26. The zero-order valence-corrected chi connectivity index (χ0v) is 16.3. The van der Waals surface area contributed by atoms with E-state index >= 15 is 0 Å². The lowest BCUT2D eigenvalue weighted by molar-refractivity contribution is -0.136. The number of hydrogen-bond donors (Lipinski definition) is 2. The van der Waals surface area contributed by atoms with E-state index in [1.165, 1.54) is 0 Å². The molecule has 0 heterocycles. The maximum Gasteiger partial charge on any atom is 0.313 e. The highest BCUT2D eigenvalue weighted by Gasteiger charge is 2.19. The van der Waals surface area contributed by atoms with Gasteiger partial charge in [0.05, 0.1) is 12.6 Å². The van der Waals surface area contributed by atoms with Crippen LogP contribution in [0.5, 0.6) is 5.75 Å². The number of hydrogen-bond acceptors (Lipinski definition) is 4. The molecule has 1 unspecified atom stereocenters. The Balaban J connectivity index is 2.06. The third kappa shape index (κ3) is 5.26. The first-order chi connectivity index (χ1) is 12.4. The van der Waals surface area contributed by atoms with Crippen molar-refractivity contribution >= 4 is 29.3 Å². The lowest BCUT2D eigenvalue weighted by atomic mass is 10.0. The molecule has 0 aliphatic heterocycles. The van der Waals surface area contributed by atoms with Crippen LogP contribution in [0.1, 0.15) is 31.0 Å². The van der Waals surface area contributed by atoms with Crippen molar-refractivity contribution in [1.82, 2.24) is 5.32 Å². The zero-order valence-electron chi connectivity index (χ0n) is 15.5. The molecule has 0 aromatic heterocycles. The molecule has 0 fully saturated rings. The first-order valence-corrected chi connectivity index (χ1v) is 9.66. The maximum atomic E-state index is 12.3. The number of aryl methyl sites for hydroxylation is 1. The molecule has 2 rings (SSSR count). The Morgan fingerprint density at radius 3 is 2.62 bits per heavy atom. The Morgan fingerprint density at radius 1 is 1.15 bits per heavy atom. The van der Waals surface area contributed by atoms with Crippen LogP contribution < -0.4 is 15.4 Å². The number of amides is 2. The third-order valence-electron chi connectivity index (χ3n) is 3.81. The summed E-state index contributed by atoms with van der Waals surface area (Å²) in [4.78, 5) is 25.5. The average Bonchev–Trinajstić information content (AvgIpc) is 2.63. The van der Waals surface area contributed by atoms with Crippen LogP contribution >= 0.6 is 11.8 Å². The molecular weight excluding hydrogens is 348 g/mol. The summed E-state index contributed by atoms with van der Waals surface area (Å²) < 4.78 is 5.62. The van der Waals surface area contributed by atoms with Gasteiger partial charge in [-0.2, -0.15) is 0 Å². The van der Waals surface area contributed by atoms with Gasteiger partial charge >= 0.3 is 11.8 Å². The first kappa shape index (κ1) is 19.8. The van der Waals surface area contributed by atoms with Gasteiger partial charge in [0.15, 0.2) is 0 Å². The van der Waals surface area contributed by atoms with Crippen molar-refractivity contribution in [3.05, 3.63) is 53.6 Å². The molecule has 0 aliphatic rings. The van der Waals surface area contributed by atoms with Crippen molar-refractivity contribution in [2.24, 2.45) is 0 Å². The Morgan fingerprint density at radius 2 is 1.92 bits per heavy atom. The summed E-state index contributed by atoms with van der Waals surface area (Å²) in [5.74, 6) is -0.671. The Kier molecular flexibility index (Phi) is 7.09. The molecular formula is C20H24N2O3S. The predicted molar refractivity (Wildman–Crippen MR) is 106 cm³/mol. The Labute approximate surface area is 158 Å². The number of nitrogens with one attached hydrogen (secondary N) is 2. The maximum absolute atomic E-state index is 12.3. The van der Waals surface area contributed by atoms with Crippen molar-refractivity contribution in [1.29, 1.82) is 0 Å². The fourth-order valence-electron chi connectivity index (χ4n) is 2.52. The molecule has 0 saturated heterocycles. The van der Waals surface area contributed by atoms with Crippen LogP contribution in [0.3, 0.4) is 0 Å². The van der Waals surface area contributed by atoms with Gasteiger partial charge in [0.2, 0.25) is 0 Å². The Hall–Kier alpha value is -2.47. The third-order valence-corrected chi connectivity index (χ3v) is 4.54. The van der Waals surface area contributed by atoms with Gasteiger partial charge < -0.3 is 15.4 Å². The smallest absolute Gasteiger partial charge is 0.313 e. The molecule has 2 N–H and O–H groups in total. The van der Waals surface area contributed by atoms with Crippen molar-refractivity contribution in [2.75, 3.05) is 18.2 Å². The monoisotopic (exact) mass is 372 g/mol. The number of thioether (sulfide) groups is 1. The van der Waals surface area contributed by atoms with E-state index in [0.717, 1.165) is 16.0 Å². The summed E-state index contributed by atoms with van der Waals surface area (Å²) in [6.07, 6.45) is 1.95. The number of ether oxygens (including phenoxy) is 1. The lowest BCUT2D eigenvalue weighted by Gasteiger charge is -2.18. The van der Waals surface area contributed by atoms with Crippen molar-refractivity contribution in [2.45, 2.75) is 31.7 Å². The minimum absolute atomic E-state index is 0.354. The number of benzene rings is 2. The summed E-state index contributed by atoms with van der Waals surface area (Å²) >= 11 is 1.57. The molecule has 1 atom stereocenters. The van der Waals surface area contributed by atoms with E-state index < -0.39 is 11.8 Å². The number of carbonyl (C=O) groups is 2. The van der Waals surface area contributed by atoms with Crippen LogP contribution in [0.15, 0.2) is 47.4 Å². The molecule has 0 spiro atoms. The quantitative estimate of drug-likeness (QED) is 0.595. The van der Waals surface area contributed by atoms with Crippen molar-refractivity contribution in [3.63, 3.8) is 0 Å². The first-order valence-electron chi connectivity index (χ1n) is 8.43. The number of anilines is 1. The van der Waals surface area contributed by atoms with E-state index in [1.807, 2.05) is 63.4 Å². The summed E-state index contributed by atoms with van der Waals surface area (Å²) in [6, 6.07) is 12.8. The van der Waals surface area contributed by atoms with Gasteiger partial charge in [-0.1, -0.05) is 23.8 Å². The minimum atomic E-state index is -0.694. The lowest BCUT2D eigenvalue weighted by Crippen LogP contribution is -2.37. The SMILES string of the molecule is CCOc1ccc(C)cc1C(C)NC(=O)C(=O)Nc1cccc(SC)c1. The molecule has 6 heteroatoms. The van der Waals surface area contributed by atoms with Gasteiger partial charge in [-0.15, -0.1) is 11.8 Å². The summed E-state index contributed by atoms with van der Waals surface area (Å²) in [7, 11) is 0. The van der Waals surface area contributed by atoms with Crippen LogP contribution in [0.2, 0.25) is 0 Å². The van der Waals surface area contributed by atoms with Gasteiger partial charge in [0, 0.05) is 16.1 Å². The van der Waals surface area contributed by atoms with E-state index in [2.05, 4.69) is 10.6 Å². The second kappa shape index (κ2) is 9.29.